The van der Waals surface area contributed by atoms with Crippen LogP contribution < -0.4 is 5.32 Å². The molecule has 2 atom stereocenters. The van der Waals surface area contributed by atoms with Gasteiger partial charge in [0.2, 0.25) is 5.91 Å². The molecule has 1 amide bonds. The van der Waals surface area contributed by atoms with Crippen molar-refractivity contribution in [3.63, 3.8) is 0 Å². The molecule has 4 rings (SSSR count). The zero-order valence-corrected chi connectivity index (χ0v) is 18.0. The smallest absolute Gasteiger partial charge is 0.234 e. The Balaban J connectivity index is 0.00000272. The molecule has 2 aliphatic heterocycles. The highest BCUT2D eigenvalue weighted by Crippen LogP contribution is 2.34. The maximum atomic E-state index is 12.7. The van der Waals surface area contributed by atoms with Gasteiger partial charge in [-0.25, -0.2) is 0 Å². The van der Waals surface area contributed by atoms with Gasteiger partial charge in [0.15, 0.2) is 0 Å². The number of pyridine rings is 1. The average molecular weight is 408 g/mol. The van der Waals surface area contributed by atoms with Crippen molar-refractivity contribution in [3.05, 3.63) is 41.6 Å². The summed E-state index contributed by atoms with van der Waals surface area (Å²) in [7, 11) is 2.13. The van der Waals surface area contributed by atoms with Crippen LogP contribution in [0.2, 0.25) is 0 Å². The molecule has 0 spiro atoms. The molecule has 2 fully saturated rings. The fraction of sp³-hybridized carbons (Fsp3) is 0.542. The molecule has 160 valence electrons. The van der Waals surface area contributed by atoms with Gasteiger partial charge in [-0.05, 0) is 68.9 Å². The summed E-state index contributed by atoms with van der Waals surface area (Å²) >= 11 is 0. The number of likely N-dealkylation sites (tertiary alicyclic amines) is 2. The quantitative estimate of drug-likeness (QED) is 0.844. The van der Waals surface area contributed by atoms with E-state index in [-0.39, 0.29) is 7.33 Å². The minimum Gasteiger partial charge on any atom is -0.352 e. The Morgan fingerprint density at radius 2 is 2.10 bits per heavy atom. The second kappa shape index (κ2) is 9.11. The molecule has 6 heteroatoms. The van der Waals surface area contributed by atoms with Crippen molar-refractivity contribution < 1.29 is 6.22 Å². The van der Waals surface area contributed by atoms with Crippen molar-refractivity contribution in [2.24, 2.45) is 5.92 Å². The van der Waals surface area contributed by atoms with E-state index in [9.17, 15) is 10.1 Å². The number of piperidine rings is 2. The van der Waals surface area contributed by atoms with Crippen LogP contribution in [0.5, 0.6) is 0 Å². The highest BCUT2D eigenvalue weighted by atomic mass is 16.2. The van der Waals surface area contributed by atoms with Crippen LogP contribution in [0.25, 0.3) is 10.9 Å². The van der Waals surface area contributed by atoms with Gasteiger partial charge in [-0.2, -0.15) is 5.26 Å². The topological polar surface area (TPSA) is 72.3 Å². The molecular formula is C24H33N5O. The van der Waals surface area contributed by atoms with Crippen molar-refractivity contribution in [1.82, 2.24) is 20.1 Å². The lowest BCUT2D eigenvalue weighted by atomic mass is 9.83. The lowest BCUT2D eigenvalue weighted by Gasteiger charge is -2.37. The van der Waals surface area contributed by atoms with Gasteiger partial charge in [-0.15, -0.1) is 0 Å². The van der Waals surface area contributed by atoms with Crippen molar-refractivity contribution in [1.29, 1.82) is 5.26 Å². The SMILES string of the molecule is C[C@@H]1C[C@H](c2ccc(C#N)c3ncccc23)CN(CC(=O)NC2CCN(C)CC2)C1.[HH]. The number of fused-ring (bicyclic) bond motifs is 1. The monoisotopic (exact) mass is 407 g/mol. The standard InChI is InChI=1S/C24H31N5O.H2/c1-17-12-19(21-6-5-18(13-25)24-22(21)4-3-9-26-24)15-29(14-17)16-23(30)27-20-7-10-28(2)11-8-20;/h3-6,9,17,19-20H,7-8,10-12,14-16H2,1-2H3,(H,27,30);1H/t17-,19+;/m1./s1. The molecule has 2 aromatic rings. The number of nitrogens with zero attached hydrogens (tertiary/aromatic N) is 4. The van der Waals surface area contributed by atoms with Gasteiger partial charge in [-0.3, -0.25) is 14.7 Å². The van der Waals surface area contributed by atoms with Gasteiger partial charge in [0, 0.05) is 32.1 Å². The van der Waals surface area contributed by atoms with Gasteiger partial charge in [0.25, 0.3) is 0 Å². The zero-order chi connectivity index (χ0) is 21.1. The number of aromatic nitrogens is 1. The van der Waals surface area contributed by atoms with E-state index in [4.69, 9.17) is 0 Å². The third kappa shape index (κ3) is 4.63. The lowest BCUT2D eigenvalue weighted by Crippen LogP contribution is -2.49. The zero-order valence-electron chi connectivity index (χ0n) is 18.0. The maximum Gasteiger partial charge on any atom is 0.234 e. The van der Waals surface area contributed by atoms with Crippen LogP contribution in [0.3, 0.4) is 0 Å². The highest BCUT2D eigenvalue weighted by Gasteiger charge is 2.29. The summed E-state index contributed by atoms with van der Waals surface area (Å²) in [6.45, 7) is 6.63. The summed E-state index contributed by atoms with van der Waals surface area (Å²) in [5.74, 6) is 0.996. The molecule has 2 aliphatic rings. The summed E-state index contributed by atoms with van der Waals surface area (Å²) in [6, 6.07) is 10.5. The molecule has 0 unspecified atom stereocenters. The Labute approximate surface area is 180 Å². The Morgan fingerprint density at radius 1 is 1.30 bits per heavy atom. The van der Waals surface area contributed by atoms with E-state index in [0.717, 1.165) is 56.3 Å². The van der Waals surface area contributed by atoms with Crippen molar-refractivity contribution in [3.8, 4) is 6.07 Å². The van der Waals surface area contributed by atoms with Gasteiger partial charge in [0.1, 0.15) is 6.07 Å². The fourth-order valence-electron chi connectivity index (χ4n) is 5.09. The molecule has 1 aromatic carbocycles. The molecule has 0 saturated carbocycles. The second-order valence-electron chi connectivity index (χ2n) is 9.09. The van der Waals surface area contributed by atoms with E-state index >= 15 is 0 Å². The van der Waals surface area contributed by atoms with Gasteiger partial charge in [-0.1, -0.05) is 19.1 Å². The summed E-state index contributed by atoms with van der Waals surface area (Å²) < 4.78 is 0. The van der Waals surface area contributed by atoms with E-state index in [2.05, 4.69) is 52.3 Å². The number of hydrogen-bond donors (Lipinski definition) is 1. The number of nitrogens with one attached hydrogen (secondary N) is 1. The van der Waals surface area contributed by atoms with Crippen LogP contribution in [0.4, 0.5) is 0 Å². The van der Waals surface area contributed by atoms with E-state index in [1.165, 1.54) is 5.56 Å². The van der Waals surface area contributed by atoms with Crippen LogP contribution in [-0.4, -0.2) is 66.5 Å². The molecule has 0 aliphatic carbocycles. The number of carbonyl (C=O) groups is 1. The minimum atomic E-state index is 0. The van der Waals surface area contributed by atoms with Crippen molar-refractivity contribution >= 4 is 16.8 Å². The first-order chi connectivity index (χ1) is 14.5. The average Bonchev–Trinajstić information content (AvgIpc) is 2.74. The number of nitriles is 1. The van der Waals surface area contributed by atoms with Gasteiger partial charge >= 0.3 is 0 Å². The number of carbonyl (C=O) groups excluding carboxylic acids is 1. The molecule has 1 N–H and O–H groups in total. The Morgan fingerprint density at radius 3 is 2.87 bits per heavy atom. The number of benzene rings is 1. The number of amides is 1. The minimum absolute atomic E-state index is 0. The van der Waals surface area contributed by atoms with Crippen LogP contribution in [-0.2, 0) is 4.79 Å². The third-order valence-corrected chi connectivity index (χ3v) is 6.55. The molecule has 2 saturated heterocycles. The third-order valence-electron chi connectivity index (χ3n) is 6.55. The van der Waals surface area contributed by atoms with Crippen molar-refractivity contribution in [2.75, 3.05) is 39.8 Å². The summed E-state index contributed by atoms with van der Waals surface area (Å²) in [6.07, 6.45) is 4.90. The van der Waals surface area contributed by atoms with Crippen molar-refractivity contribution in [2.45, 2.75) is 38.1 Å². The number of rotatable bonds is 4. The van der Waals surface area contributed by atoms with Crippen LogP contribution >= 0.6 is 0 Å². The van der Waals surface area contributed by atoms with Crippen LogP contribution in [0.15, 0.2) is 30.5 Å². The Kier molecular flexibility index (Phi) is 6.31. The highest BCUT2D eigenvalue weighted by molar-refractivity contribution is 5.87. The largest absolute Gasteiger partial charge is 0.352 e. The Bertz CT molecular complexity index is 951. The van der Waals surface area contributed by atoms with E-state index in [0.29, 0.717) is 30.0 Å². The molecular weight excluding hydrogens is 374 g/mol. The lowest BCUT2D eigenvalue weighted by molar-refractivity contribution is -0.123. The second-order valence-corrected chi connectivity index (χ2v) is 9.09. The first-order valence-electron chi connectivity index (χ1n) is 11.0. The first-order valence-corrected chi connectivity index (χ1v) is 11.0. The molecule has 6 nitrogen and oxygen atoms in total. The predicted molar refractivity (Wildman–Crippen MR) is 120 cm³/mol. The van der Waals surface area contributed by atoms with Gasteiger partial charge < -0.3 is 10.2 Å². The maximum absolute atomic E-state index is 12.7. The van der Waals surface area contributed by atoms with Crippen LogP contribution in [0, 0.1) is 17.2 Å². The summed E-state index contributed by atoms with van der Waals surface area (Å²) in [5, 5.41) is 13.7. The first kappa shape index (κ1) is 20.8. The van der Waals surface area contributed by atoms with E-state index < -0.39 is 0 Å². The molecule has 0 radical (unpaired) electrons. The Hall–Kier alpha value is -2.49. The predicted octanol–water partition coefficient (Wildman–Crippen LogP) is 2.99. The van der Waals surface area contributed by atoms with Gasteiger partial charge in [0.05, 0.1) is 17.6 Å². The number of hydrogen-bond acceptors (Lipinski definition) is 5. The molecule has 30 heavy (non-hydrogen) atoms. The van der Waals surface area contributed by atoms with Crippen LogP contribution in [0.1, 0.15) is 44.7 Å². The normalized spacial score (nSPS) is 23.9. The van der Waals surface area contributed by atoms with E-state index in [1.54, 1.807) is 6.20 Å². The summed E-state index contributed by atoms with van der Waals surface area (Å²) in [5.41, 5.74) is 2.64. The molecule has 0 bridgehead atoms. The molecule has 1 aromatic heterocycles. The fourth-order valence-corrected chi connectivity index (χ4v) is 5.09. The summed E-state index contributed by atoms with van der Waals surface area (Å²) in [4.78, 5) is 21.8. The molecule has 3 heterocycles. The van der Waals surface area contributed by atoms with E-state index in [1.807, 2.05) is 12.1 Å².